The summed E-state index contributed by atoms with van der Waals surface area (Å²) in [5, 5.41) is 3.19. The van der Waals surface area contributed by atoms with Gasteiger partial charge >= 0.3 is 0 Å². The number of carbonyl (C=O) groups is 1. The fourth-order valence-corrected chi connectivity index (χ4v) is 2.57. The molecule has 110 valence electrons. The minimum absolute atomic E-state index is 0.0263. The van der Waals surface area contributed by atoms with Crippen molar-refractivity contribution in [1.82, 2.24) is 10.2 Å². The summed E-state index contributed by atoms with van der Waals surface area (Å²) >= 11 is 0. The van der Waals surface area contributed by atoms with Crippen LogP contribution in [0.5, 0.6) is 0 Å². The molecule has 1 amide bonds. The Labute approximate surface area is 120 Å². The molecule has 1 aromatic rings. The lowest BCUT2D eigenvalue weighted by molar-refractivity contribution is -0.130. The van der Waals surface area contributed by atoms with Crippen LogP contribution in [0.15, 0.2) is 24.3 Å². The van der Waals surface area contributed by atoms with Crippen LogP contribution in [0.4, 0.5) is 4.39 Å². The van der Waals surface area contributed by atoms with Gasteiger partial charge in [-0.1, -0.05) is 25.0 Å². The first kappa shape index (κ1) is 15.0. The van der Waals surface area contributed by atoms with Crippen LogP contribution >= 0.6 is 0 Å². The molecule has 4 heteroatoms. The summed E-state index contributed by atoms with van der Waals surface area (Å²) in [4.78, 5) is 14.1. The van der Waals surface area contributed by atoms with Crippen LogP contribution in [-0.2, 0) is 4.79 Å². The first-order valence-corrected chi connectivity index (χ1v) is 7.43. The minimum Gasteiger partial charge on any atom is -0.342 e. The van der Waals surface area contributed by atoms with Crippen LogP contribution in [0.2, 0.25) is 0 Å². The maximum Gasteiger partial charge on any atom is 0.236 e. The van der Waals surface area contributed by atoms with E-state index in [0.29, 0.717) is 6.54 Å². The highest BCUT2D eigenvalue weighted by Crippen LogP contribution is 2.14. The summed E-state index contributed by atoms with van der Waals surface area (Å²) in [6.07, 6.45) is 4.64. The van der Waals surface area contributed by atoms with Gasteiger partial charge in [0.2, 0.25) is 5.91 Å². The van der Waals surface area contributed by atoms with E-state index in [4.69, 9.17) is 0 Å². The summed E-state index contributed by atoms with van der Waals surface area (Å²) in [6, 6.07) is 6.48. The zero-order valence-corrected chi connectivity index (χ0v) is 12.1. The Morgan fingerprint density at radius 3 is 2.65 bits per heavy atom. The van der Waals surface area contributed by atoms with E-state index in [2.05, 4.69) is 5.32 Å². The quantitative estimate of drug-likeness (QED) is 0.918. The highest BCUT2D eigenvalue weighted by Gasteiger charge is 2.16. The van der Waals surface area contributed by atoms with Crippen LogP contribution in [0, 0.1) is 5.82 Å². The average Bonchev–Trinajstić information content (AvgIpc) is 2.73. The predicted molar refractivity (Wildman–Crippen MR) is 77.9 cm³/mol. The predicted octanol–water partition coefficient (Wildman–Crippen LogP) is 2.88. The molecular weight excluding hydrogens is 255 g/mol. The first-order valence-electron chi connectivity index (χ1n) is 7.43. The Bertz CT molecular complexity index is 442. The van der Waals surface area contributed by atoms with Crippen molar-refractivity contribution in [2.45, 2.75) is 38.6 Å². The zero-order chi connectivity index (χ0) is 14.4. The number of halogens is 1. The number of likely N-dealkylation sites (tertiary alicyclic amines) is 1. The first-order chi connectivity index (χ1) is 9.66. The van der Waals surface area contributed by atoms with Crippen molar-refractivity contribution >= 4 is 5.91 Å². The second-order valence-electron chi connectivity index (χ2n) is 5.45. The molecule has 1 aromatic carbocycles. The number of carbonyl (C=O) groups excluding carboxylic acids is 1. The Balaban J connectivity index is 1.83. The van der Waals surface area contributed by atoms with Gasteiger partial charge in [-0.15, -0.1) is 0 Å². The Morgan fingerprint density at radius 1 is 1.30 bits per heavy atom. The third-order valence-corrected chi connectivity index (χ3v) is 3.87. The van der Waals surface area contributed by atoms with Gasteiger partial charge in [-0.25, -0.2) is 4.39 Å². The molecule has 0 spiro atoms. The molecule has 20 heavy (non-hydrogen) atoms. The monoisotopic (exact) mass is 278 g/mol. The molecule has 0 aromatic heterocycles. The van der Waals surface area contributed by atoms with Crippen LogP contribution in [0.1, 0.15) is 44.2 Å². The molecule has 1 aliphatic heterocycles. The van der Waals surface area contributed by atoms with E-state index in [0.717, 1.165) is 31.5 Å². The molecule has 1 heterocycles. The fraction of sp³-hybridized carbons (Fsp3) is 0.562. The van der Waals surface area contributed by atoms with Gasteiger partial charge in [-0.05, 0) is 37.5 Å². The number of amides is 1. The minimum atomic E-state index is -0.241. The lowest BCUT2D eigenvalue weighted by Crippen LogP contribution is -2.39. The number of rotatable bonds is 4. The Kier molecular flexibility index (Phi) is 5.53. The van der Waals surface area contributed by atoms with Crippen LogP contribution in [0.3, 0.4) is 0 Å². The van der Waals surface area contributed by atoms with E-state index in [9.17, 15) is 9.18 Å². The largest absolute Gasteiger partial charge is 0.342 e. The molecule has 0 radical (unpaired) electrons. The lowest BCUT2D eigenvalue weighted by atomic mass is 10.1. The highest BCUT2D eigenvalue weighted by atomic mass is 19.1. The van der Waals surface area contributed by atoms with Crippen LogP contribution in [-0.4, -0.2) is 30.4 Å². The Hall–Kier alpha value is -1.42. The molecular formula is C16H23FN2O. The van der Waals surface area contributed by atoms with Crippen LogP contribution < -0.4 is 5.32 Å². The number of hydrogen-bond acceptors (Lipinski definition) is 2. The van der Waals surface area contributed by atoms with Crippen molar-refractivity contribution in [1.29, 1.82) is 0 Å². The SMILES string of the molecule is C[C@@H](NCC(=O)N1CCCCCC1)c1cccc(F)c1. The highest BCUT2D eigenvalue weighted by molar-refractivity contribution is 5.78. The fourth-order valence-electron chi connectivity index (χ4n) is 2.57. The van der Waals surface area contributed by atoms with Gasteiger partial charge in [-0.2, -0.15) is 0 Å². The van der Waals surface area contributed by atoms with Crippen molar-refractivity contribution in [3.05, 3.63) is 35.6 Å². The molecule has 1 atom stereocenters. The van der Waals surface area contributed by atoms with Crippen molar-refractivity contribution in [3.63, 3.8) is 0 Å². The van der Waals surface area contributed by atoms with E-state index < -0.39 is 0 Å². The molecule has 0 unspecified atom stereocenters. The van der Waals surface area contributed by atoms with Crippen LogP contribution in [0.25, 0.3) is 0 Å². The molecule has 3 nitrogen and oxygen atoms in total. The molecule has 0 bridgehead atoms. The third kappa shape index (κ3) is 4.30. The van der Waals surface area contributed by atoms with Gasteiger partial charge in [0.15, 0.2) is 0 Å². The third-order valence-electron chi connectivity index (χ3n) is 3.87. The van der Waals surface area contributed by atoms with Gasteiger partial charge in [0.1, 0.15) is 5.82 Å². The molecule has 2 rings (SSSR count). The van der Waals surface area contributed by atoms with E-state index >= 15 is 0 Å². The standard InChI is InChI=1S/C16H23FN2O/c1-13(14-7-6-8-15(17)11-14)18-12-16(20)19-9-4-2-3-5-10-19/h6-8,11,13,18H,2-5,9-10,12H2,1H3/t13-/m1/s1. The summed E-state index contributed by atoms with van der Waals surface area (Å²) < 4.78 is 13.2. The smallest absolute Gasteiger partial charge is 0.236 e. The molecule has 1 aliphatic rings. The van der Waals surface area contributed by atoms with E-state index in [1.165, 1.54) is 25.0 Å². The summed E-state index contributed by atoms with van der Waals surface area (Å²) in [6.45, 7) is 4.01. The zero-order valence-electron chi connectivity index (χ0n) is 12.1. The maximum atomic E-state index is 13.2. The van der Waals surface area contributed by atoms with Crippen molar-refractivity contribution in [2.24, 2.45) is 0 Å². The van der Waals surface area contributed by atoms with Crippen molar-refractivity contribution in [3.8, 4) is 0 Å². The average molecular weight is 278 g/mol. The molecule has 1 fully saturated rings. The van der Waals surface area contributed by atoms with E-state index in [1.54, 1.807) is 6.07 Å². The molecule has 0 saturated carbocycles. The lowest BCUT2D eigenvalue weighted by Gasteiger charge is -2.22. The van der Waals surface area contributed by atoms with E-state index in [1.807, 2.05) is 17.9 Å². The van der Waals surface area contributed by atoms with E-state index in [-0.39, 0.29) is 17.8 Å². The number of benzene rings is 1. The normalized spacial score (nSPS) is 17.6. The van der Waals surface area contributed by atoms with Gasteiger partial charge in [0, 0.05) is 19.1 Å². The molecule has 1 N–H and O–H groups in total. The summed E-state index contributed by atoms with van der Waals surface area (Å²) in [5.41, 5.74) is 0.869. The van der Waals surface area contributed by atoms with Gasteiger partial charge in [0.25, 0.3) is 0 Å². The maximum absolute atomic E-state index is 13.2. The van der Waals surface area contributed by atoms with Gasteiger partial charge in [0.05, 0.1) is 6.54 Å². The second kappa shape index (κ2) is 7.39. The number of nitrogens with zero attached hydrogens (tertiary/aromatic N) is 1. The second-order valence-corrected chi connectivity index (χ2v) is 5.45. The Morgan fingerprint density at radius 2 is 2.00 bits per heavy atom. The molecule has 0 aliphatic carbocycles. The summed E-state index contributed by atoms with van der Waals surface area (Å²) in [7, 11) is 0. The van der Waals surface area contributed by atoms with Gasteiger partial charge in [-0.3, -0.25) is 4.79 Å². The van der Waals surface area contributed by atoms with Crippen molar-refractivity contribution < 1.29 is 9.18 Å². The number of hydrogen-bond donors (Lipinski definition) is 1. The molecule has 1 saturated heterocycles. The number of nitrogens with one attached hydrogen (secondary N) is 1. The topological polar surface area (TPSA) is 32.3 Å². The van der Waals surface area contributed by atoms with Crippen molar-refractivity contribution in [2.75, 3.05) is 19.6 Å². The summed E-state index contributed by atoms with van der Waals surface area (Å²) in [5.74, 6) is -0.0925. The van der Waals surface area contributed by atoms with Gasteiger partial charge < -0.3 is 10.2 Å².